The summed E-state index contributed by atoms with van der Waals surface area (Å²) in [6.45, 7) is 1.85. The van der Waals surface area contributed by atoms with Crippen LogP contribution in [0, 0.1) is 6.92 Å². The largest absolute Gasteiger partial charge is 0.284 e. The molecule has 0 radical (unpaired) electrons. The van der Waals surface area contributed by atoms with Gasteiger partial charge in [0.05, 0.1) is 11.1 Å². The zero-order valence-corrected chi connectivity index (χ0v) is 11.7. The number of nitrogens with one attached hydrogen (secondary N) is 1. The van der Waals surface area contributed by atoms with Crippen molar-refractivity contribution in [3.63, 3.8) is 0 Å². The van der Waals surface area contributed by atoms with Crippen LogP contribution in [0.1, 0.15) is 31.2 Å². The van der Waals surface area contributed by atoms with E-state index in [2.05, 4.69) is 4.89 Å². The molecule has 0 atom stereocenters. The number of hydrogen-bond donors (Lipinski definition) is 1. The van der Waals surface area contributed by atoms with Crippen LogP contribution in [0.4, 0.5) is 0 Å². The van der Waals surface area contributed by atoms with E-state index in [-0.39, 0.29) is 16.0 Å². The summed E-state index contributed by atoms with van der Waals surface area (Å²) in [4.78, 5) is 7.42. The molecule has 1 aromatic rings. The van der Waals surface area contributed by atoms with Crippen molar-refractivity contribution in [2.45, 2.75) is 43.6 Å². The van der Waals surface area contributed by atoms with Crippen LogP contribution in [-0.2, 0) is 14.9 Å². The van der Waals surface area contributed by atoms with Gasteiger partial charge in [-0.3, -0.25) is 4.84 Å². The first-order valence-electron chi connectivity index (χ1n) is 5.92. The highest BCUT2D eigenvalue weighted by Crippen LogP contribution is 2.24. The topological polar surface area (TPSA) is 55.4 Å². The molecule has 0 unspecified atom stereocenters. The first-order valence-corrected chi connectivity index (χ1v) is 7.79. The van der Waals surface area contributed by atoms with Crippen molar-refractivity contribution in [3.8, 4) is 0 Å². The molecule has 0 spiro atoms. The van der Waals surface area contributed by atoms with E-state index >= 15 is 0 Å². The molecule has 0 aromatic heterocycles. The second-order valence-corrected chi connectivity index (χ2v) is 6.57. The van der Waals surface area contributed by atoms with Crippen molar-refractivity contribution in [2.24, 2.45) is 0 Å². The predicted molar refractivity (Wildman–Crippen MR) is 69.9 cm³/mol. The molecule has 0 heterocycles. The number of benzene rings is 1. The van der Waals surface area contributed by atoms with Crippen molar-refractivity contribution in [1.29, 1.82) is 0 Å². The number of halogens is 1. The van der Waals surface area contributed by atoms with Gasteiger partial charge in [-0.15, -0.1) is 0 Å². The predicted octanol–water partition coefficient (Wildman–Crippen LogP) is 2.80. The lowest BCUT2D eigenvalue weighted by molar-refractivity contribution is 0.0223. The van der Waals surface area contributed by atoms with E-state index in [0.717, 1.165) is 31.2 Å². The third-order valence-electron chi connectivity index (χ3n) is 3.00. The summed E-state index contributed by atoms with van der Waals surface area (Å²) in [5.74, 6) is 0. The lowest BCUT2D eigenvalue weighted by Gasteiger charge is -2.13. The maximum absolute atomic E-state index is 12.0. The molecule has 18 heavy (non-hydrogen) atoms. The van der Waals surface area contributed by atoms with Gasteiger partial charge < -0.3 is 0 Å². The van der Waals surface area contributed by atoms with Crippen LogP contribution >= 0.6 is 11.6 Å². The SMILES string of the molecule is Cc1ccc(S(=O)(=O)NOC2CCCC2)c(Cl)c1. The maximum Gasteiger partial charge on any atom is 0.263 e. The van der Waals surface area contributed by atoms with E-state index in [1.807, 2.05) is 6.92 Å². The van der Waals surface area contributed by atoms with Crippen LogP contribution in [0.15, 0.2) is 23.1 Å². The van der Waals surface area contributed by atoms with Gasteiger partial charge in [0.1, 0.15) is 4.90 Å². The van der Waals surface area contributed by atoms with Gasteiger partial charge >= 0.3 is 0 Å². The number of aryl methyl sites for hydroxylation is 1. The summed E-state index contributed by atoms with van der Waals surface area (Å²) in [6, 6.07) is 4.81. The molecule has 1 aromatic carbocycles. The van der Waals surface area contributed by atoms with Gasteiger partial charge in [-0.1, -0.05) is 35.4 Å². The molecule has 1 aliphatic carbocycles. The highest BCUT2D eigenvalue weighted by Gasteiger charge is 2.22. The van der Waals surface area contributed by atoms with E-state index in [4.69, 9.17) is 16.4 Å². The monoisotopic (exact) mass is 289 g/mol. The van der Waals surface area contributed by atoms with Crippen LogP contribution in [0.5, 0.6) is 0 Å². The Bertz CT molecular complexity index is 524. The van der Waals surface area contributed by atoms with Crippen molar-refractivity contribution < 1.29 is 13.3 Å². The molecule has 4 nitrogen and oxygen atoms in total. The van der Waals surface area contributed by atoms with Gasteiger partial charge in [-0.2, -0.15) is 0 Å². The zero-order chi connectivity index (χ0) is 13.2. The van der Waals surface area contributed by atoms with Gasteiger partial charge in [-0.05, 0) is 37.5 Å². The molecule has 0 aliphatic heterocycles. The molecule has 0 bridgehead atoms. The Labute approximate surface area is 112 Å². The average Bonchev–Trinajstić information content (AvgIpc) is 2.78. The lowest BCUT2D eigenvalue weighted by Crippen LogP contribution is -2.28. The maximum atomic E-state index is 12.0. The van der Waals surface area contributed by atoms with Crippen LogP contribution in [0.25, 0.3) is 0 Å². The van der Waals surface area contributed by atoms with Gasteiger partial charge in [0.25, 0.3) is 10.0 Å². The minimum Gasteiger partial charge on any atom is -0.284 e. The Morgan fingerprint density at radius 3 is 2.61 bits per heavy atom. The van der Waals surface area contributed by atoms with E-state index in [1.54, 1.807) is 12.1 Å². The molecule has 1 N–H and O–H groups in total. The van der Waals surface area contributed by atoms with Crippen LogP contribution in [0.3, 0.4) is 0 Å². The smallest absolute Gasteiger partial charge is 0.263 e. The van der Waals surface area contributed by atoms with E-state index < -0.39 is 10.0 Å². The van der Waals surface area contributed by atoms with E-state index in [9.17, 15) is 8.42 Å². The molecular formula is C12H16ClNO3S. The summed E-state index contributed by atoms with van der Waals surface area (Å²) >= 11 is 5.93. The van der Waals surface area contributed by atoms with Crippen molar-refractivity contribution in [3.05, 3.63) is 28.8 Å². The average molecular weight is 290 g/mol. The minimum absolute atomic E-state index is 0.0241. The van der Waals surface area contributed by atoms with Gasteiger partial charge in [0, 0.05) is 0 Å². The molecule has 1 aliphatic rings. The van der Waals surface area contributed by atoms with E-state index in [0.29, 0.717) is 0 Å². The molecule has 2 rings (SSSR count). The molecule has 100 valence electrons. The molecule has 6 heteroatoms. The van der Waals surface area contributed by atoms with Gasteiger partial charge in [0.15, 0.2) is 0 Å². The van der Waals surface area contributed by atoms with E-state index in [1.165, 1.54) is 6.07 Å². The summed E-state index contributed by atoms with van der Waals surface area (Å²) in [7, 11) is -3.70. The first kappa shape index (κ1) is 13.8. The highest BCUT2D eigenvalue weighted by atomic mass is 35.5. The molecule has 1 fully saturated rings. The second kappa shape index (κ2) is 5.57. The Kier molecular flexibility index (Phi) is 4.27. The van der Waals surface area contributed by atoms with Crippen molar-refractivity contribution >= 4 is 21.6 Å². The summed E-state index contributed by atoms with van der Waals surface area (Å²) < 4.78 is 24.0. The molecule has 0 amide bonds. The molecule has 0 saturated heterocycles. The fourth-order valence-corrected chi connectivity index (χ4v) is 3.46. The van der Waals surface area contributed by atoms with Crippen LogP contribution < -0.4 is 4.89 Å². The Morgan fingerprint density at radius 1 is 1.33 bits per heavy atom. The zero-order valence-electron chi connectivity index (χ0n) is 10.1. The summed E-state index contributed by atoms with van der Waals surface area (Å²) in [5, 5.41) is 0.206. The highest BCUT2D eigenvalue weighted by molar-refractivity contribution is 7.89. The minimum atomic E-state index is -3.70. The normalized spacial score (nSPS) is 17.2. The first-order chi connectivity index (χ1) is 8.49. The quantitative estimate of drug-likeness (QED) is 0.867. The number of hydrogen-bond acceptors (Lipinski definition) is 3. The fraction of sp³-hybridized carbons (Fsp3) is 0.500. The Morgan fingerprint density at radius 2 is 2.00 bits per heavy atom. The second-order valence-electron chi connectivity index (χ2n) is 4.54. The molecule has 1 saturated carbocycles. The fourth-order valence-electron chi connectivity index (χ4n) is 2.01. The summed E-state index contributed by atoms with van der Waals surface area (Å²) in [6.07, 6.45) is 3.92. The van der Waals surface area contributed by atoms with Crippen molar-refractivity contribution in [2.75, 3.05) is 0 Å². The van der Waals surface area contributed by atoms with Gasteiger partial charge in [-0.25, -0.2) is 8.42 Å². The third-order valence-corrected chi connectivity index (χ3v) is 4.68. The standard InChI is InChI=1S/C12H16ClNO3S/c1-9-6-7-12(11(13)8-9)18(15,16)14-17-10-4-2-3-5-10/h6-8,10,14H,2-5H2,1H3. The van der Waals surface area contributed by atoms with Crippen LogP contribution in [-0.4, -0.2) is 14.5 Å². The summed E-state index contributed by atoms with van der Waals surface area (Å²) in [5.41, 5.74) is 0.913. The Balaban J connectivity index is 2.09. The Hall–Kier alpha value is -0.620. The third kappa shape index (κ3) is 3.23. The number of rotatable bonds is 4. The lowest BCUT2D eigenvalue weighted by atomic mass is 10.2. The van der Waals surface area contributed by atoms with Crippen LogP contribution in [0.2, 0.25) is 5.02 Å². The van der Waals surface area contributed by atoms with Gasteiger partial charge in [0.2, 0.25) is 0 Å². The molecular weight excluding hydrogens is 274 g/mol. The number of sulfonamides is 1. The van der Waals surface area contributed by atoms with Crippen molar-refractivity contribution in [1.82, 2.24) is 4.89 Å².